The molecule has 2 aliphatic heterocycles. The van der Waals surface area contributed by atoms with Gasteiger partial charge in [0.05, 0.1) is 5.92 Å². The van der Waals surface area contributed by atoms with Crippen LogP contribution in [0.1, 0.15) is 41.1 Å². The number of ketones is 1. The molecule has 1 saturated heterocycles. The number of fused-ring (bicyclic) bond motifs is 1. The van der Waals surface area contributed by atoms with E-state index < -0.39 is 11.7 Å². The number of nitrogens with one attached hydrogen (secondary N) is 1. The van der Waals surface area contributed by atoms with Gasteiger partial charge in [0.25, 0.3) is 0 Å². The van der Waals surface area contributed by atoms with Crippen molar-refractivity contribution < 1.29 is 18.8 Å². The fraction of sp³-hybridized carbons (Fsp3) is 0.318. The molecule has 5 nitrogen and oxygen atoms in total. The van der Waals surface area contributed by atoms with Gasteiger partial charge >= 0.3 is 0 Å². The van der Waals surface area contributed by atoms with Crippen molar-refractivity contribution in [1.82, 2.24) is 4.90 Å². The molecule has 0 saturated carbocycles. The van der Waals surface area contributed by atoms with Crippen LogP contribution >= 0.6 is 0 Å². The lowest BCUT2D eigenvalue weighted by atomic mass is 9.86. The molecular weight excluding hydrogens is 359 g/mol. The van der Waals surface area contributed by atoms with E-state index in [1.54, 1.807) is 11.0 Å². The number of piperidine rings is 1. The van der Waals surface area contributed by atoms with Gasteiger partial charge in [-0.2, -0.15) is 0 Å². The van der Waals surface area contributed by atoms with Crippen molar-refractivity contribution in [2.75, 3.05) is 18.4 Å². The van der Waals surface area contributed by atoms with Gasteiger partial charge < -0.3 is 10.2 Å². The average Bonchev–Trinajstić information content (AvgIpc) is 2.72. The van der Waals surface area contributed by atoms with Crippen LogP contribution < -0.4 is 5.32 Å². The monoisotopic (exact) mass is 380 g/mol. The Morgan fingerprint density at radius 2 is 1.75 bits per heavy atom. The van der Waals surface area contributed by atoms with Gasteiger partial charge in [-0.05, 0) is 30.5 Å². The molecule has 0 aromatic heterocycles. The first-order valence-electron chi connectivity index (χ1n) is 9.50. The molecule has 2 heterocycles. The number of rotatable bonds is 3. The summed E-state index contributed by atoms with van der Waals surface area (Å²) in [6.45, 7) is 0.966. The van der Waals surface area contributed by atoms with E-state index in [4.69, 9.17) is 0 Å². The van der Waals surface area contributed by atoms with Crippen molar-refractivity contribution in [3.8, 4) is 0 Å². The Bertz CT molecular complexity index is 921. The molecule has 2 aliphatic rings. The van der Waals surface area contributed by atoms with Gasteiger partial charge in [0.1, 0.15) is 5.82 Å². The summed E-state index contributed by atoms with van der Waals surface area (Å²) in [7, 11) is 0. The quantitative estimate of drug-likeness (QED) is 0.831. The molecule has 1 N–H and O–H groups in total. The molecule has 144 valence electrons. The van der Waals surface area contributed by atoms with Gasteiger partial charge in [-0.25, -0.2) is 4.39 Å². The second-order valence-electron chi connectivity index (χ2n) is 7.37. The molecule has 2 aromatic rings. The Kier molecular flexibility index (Phi) is 4.94. The summed E-state index contributed by atoms with van der Waals surface area (Å²) in [4.78, 5) is 39.4. The largest absolute Gasteiger partial charge is 0.342 e. The lowest BCUT2D eigenvalue weighted by Gasteiger charge is -2.35. The summed E-state index contributed by atoms with van der Waals surface area (Å²) in [5, 5.41) is 2.63. The second-order valence-corrected chi connectivity index (χ2v) is 7.37. The Hall–Kier alpha value is -3.02. The first kappa shape index (κ1) is 18.3. The van der Waals surface area contributed by atoms with Gasteiger partial charge in [-0.15, -0.1) is 0 Å². The third-order valence-electron chi connectivity index (χ3n) is 5.59. The number of benzene rings is 2. The molecule has 1 atom stereocenters. The van der Waals surface area contributed by atoms with Gasteiger partial charge in [0.15, 0.2) is 5.78 Å². The van der Waals surface area contributed by atoms with Crippen LogP contribution in [0.2, 0.25) is 0 Å². The number of halogens is 1. The van der Waals surface area contributed by atoms with Gasteiger partial charge in [0, 0.05) is 36.7 Å². The highest BCUT2D eigenvalue weighted by atomic mass is 19.1. The summed E-state index contributed by atoms with van der Waals surface area (Å²) in [6.07, 6.45) is 1.27. The molecule has 0 unspecified atom stereocenters. The molecule has 0 aliphatic carbocycles. The number of hydrogen-bond donors (Lipinski definition) is 1. The van der Waals surface area contributed by atoms with Crippen LogP contribution in [0.25, 0.3) is 0 Å². The molecule has 6 heteroatoms. The number of anilines is 1. The number of hydrogen-bond acceptors (Lipinski definition) is 3. The first-order valence-corrected chi connectivity index (χ1v) is 9.50. The van der Waals surface area contributed by atoms with Crippen LogP contribution in [0.4, 0.5) is 10.1 Å². The van der Waals surface area contributed by atoms with E-state index in [0.717, 1.165) is 0 Å². The third kappa shape index (κ3) is 3.54. The van der Waals surface area contributed by atoms with Crippen LogP contribution in [-0.2, 0) is 9.59 Å². The highest BCUT2D eigenvalue weighted by Gasteiger charge is 2.36. The van der Waals surface area contributed by atoms with E-state index in [0.29, 0.717) is 42.7 Å². The zero-order valence-corrected chi connectivity index (χ0v) is 15.4. The highest BCUT2D eigenvalue weighted by Crippen LogP contribution is 2.35. The van der Waals surface area contributed by atoms with Crippen molar-refractivity contribution in [3.05, 3.63) is 65.5 Å². The van der Waals surface area contributed by atoms with Crippen molar-refractivity contribution >= 4 is 23.3 Å². The van der Waals surface area contributed by atoms with Gasteiger partial charge in [-0.3, -0.25) is 14.4 Å². The number of nitrogens with zero attached hydrogens (tertiary/aromatic N) is 1. The fourth-order valence-corrected chi connectivity index (χ4v) is 4.08. The van der Waals surface area contributed by atoms with Gasteiger partial charge in [0.2, 0.25) is 11.8 Å². The normalized spacial score (nSPS) is 19.7. The van der Waals surface area contributed by atoms with E-state index in [-0.39, 0.29) is 29.9 Å². The zero-order chi connectivity index (χ0) is 19.7. The van der Waals surface area contributed by atoms with E-state index in [2.05, 4.69) is 5.32 Å². The van der Waals surface area contributed by atoms with Crippen molar-refractivity contribution in [3.63, 3.8) is 0 Å². The highest BCUT2D eigenvalue weighted by molar-refractivity contribution is 6.01. The summed E-state index contributed by atoms with van der Waals surface area (Å²) in [5.41, 5.74) is 1.71. The van der Waals surface area contributed by atoms with Crippen LogP contribution in [0.3, 0.4) is 0 Å². The molecule has 2 amide bonds. The van der Waals surface area contributed by atoms with Crippen LogP contribution in [0, 0.1) is 11.7 Å². The smallest absolute Gasteiger partial charge is 0.230 e. The van der Waals surface area contributed by atoms with E-state index in [1.807, 2.05) is 30.3 Å². The molecule has 1 fully saturated rings. The maximum Gasteiger partial charge on any atom is 0.230 e. The molecule has 0 bridgehead atoms. The number of amides is 2. The predicted molar refractivity (Wildman–Crippen MR) is 102 cm³/mol. The van der Waals surface area contributed by atoms with Crippen LogP contribution in [0.15, 0.2) is 48.5 Å². The maximum absolute atomic E-state index is 13.5. The standard InChI is InChI=1S/C22H21FN2O3/c23-16-6-7-17-18(13-20(26)24-19(17)12-16)22(28)25-10-8-15(9-11-25)21(27)14-4-2-1-3-5-14/h1-7,12,15,18H,8-11,13H2,(H,24,26)/t18-/m0/s1. The number of likely N-dealkylation sites (tertiary alicyclic amines) is 1. The van der Waals surface area contributed by atoms with E-state index >= 15 is 0 Å². The summed E-state index contributed by atoms with van der Waals surface area (Å²) in [6, 6.07) is 13.3. The van der Waals surface area contributed by atoms with Gasteiger partial charge in [-0.1, -0.05) is 36.4 Å². The summed E-state index contributed by atoms with van der Waals surface area (Å²) < 4.78 is 13.5. The Morgan fingerprint density at radius 1 is 1.04 bits per heavy atom. The van der Waals surface area contributed by atoms with Crippen molar-refractivity contribution in [2.45, 2.75) is 25.2 Å². The number of Topliss-reactive ketones (excluding diaryl/α,β-unsaturated/α-hetero) is 1. The Balaban J connectivity index is 1.45. The minimum Gasteiger partial charge on any atom is -0.342 e. The SMILES string of the molecule is O=C1C[C@H](C(=O)N2CCC(C(=O)c3ccccc3)CC2)c2ccc(F)cc2N1. The minimum atomic E-state index is -0.606. The molecule has 4 rings (SSSR count). The second kappa shape index (κ2) is 7.54. The maximum atomic E-state index is 13.5. The molecule has 28 heavy (non-hydrogen) atoms. The van der Waals surface area contributed by atoms with Crippen LogP contribution in [-0.4, -0.2) is 35.6 Å². The first-order chi connectivity index (χ1) is 13.5. The third-order valence-corrected chi connectivity index (χ3v) is 5.59. The Labute approximate surface area is 162 Å². The lowest BCUT2D eigenvalue weighted by molar-refractivity contribution is -0.136. The zero-order valence-electron chi connectivity index (χ0n) is 15.4. The molecule has 0 radical (unpaired) electrons. The molecular formula is C22H21FN2O3. The molecule has 0 spiro atoms. The predicted octanol–water partition coefficient (Wildman–Crippen LogP) is 3.37. The van der Waals surface area contributed by atoms with Crippen LogP contribution in [0.5, 0.6) is 0 Å². The topological polar surface area (TPSA) is 66.5 Å². The van der Waals surface area contributed by atoms with E-state index in [9.17, 15) is 18.8 Å². The molecule has 2 aromatic carbocycles. The lowest BCUT2D eigenvalue weighted by Crippen LogP contribution is -2.44. The summed E-state index contributed by atoms with van der Waals surface area (Å²) in [5.74, 6) is -1.45. The number of carbonyl (C=O) groups excluding carboxylic acids is 3. The van der Waals surface area contributed by atoms with E-state index in [1.165, 1.54) is 12.1 Å². The van der Waals surface area contributed by atoms with Crippen molar-refractivity contribution in [1.29, 1.82) is 0 Å². The van der Waals surface area contributed by atoms with Crippen molar-refractivity contribution in [2.24, 2.45) is 5.92 Å². The minimum absolute atomic E-state index is 0.0559. The summed E-state index contributed by atoms with van der Waals surface area (Å²) >= 11 is 0. The fourth-order valence-electron chi connectivity index (χ4n) is 4.08. The Morgan fingerprint density at radius 3 is 2.46 bits per heavy atom. The number of carbonyl (C=O) groups is 3. The average molecular weight is 380 g/mol.